The zero-order valence-electron chi connectivity index (χ0n) is 52.1. The molecule has 0 aliphatic rings. The molecule has 454 valence electrons. The van der Waals surface area contributed by atoms with Crippen LogP contribution in [0, 0.1) is 0 Å². The van der Waals surface area contributed by atoms with Gasteiger partial charge in [0.1, 0.15) is 13.2 Å². The lowest BCUT2D eigenvalue weighted by atomic mass is 10.0. The second kappa shape index (κ2) is 66.8. The Hall–Kier alpha value is -3.67. The van der Waals surface area contributed by atoms with Crippen molar-refractivity contribution in [3.05, 3.63) is 97.2 Å². The molecule has 0 heterocycles. The van der Waals surface area contributed by atoms with Crippen LogP contribution in [0.25, 0.3) is 0 Å². The number of allylic oxidation sites excluding steroid dienone is 16. The van der Waals surface area contributed by atoms with Crippen LogP contribution in [0.1, 0.15) is 329 Å². The number of carbonyl (C=O) groups is 3. The molecule has 0 bridgehead atoms. The maximum Gasteiger partial charge on any atom is 0.306 e. The molecule has 0 aromatic carbocycles. The zero-order valence-corrected chi connectivity index (χ0v) is 52.1. The van der Waals surface area contributed by atoms with Gasteiger partial charge in [-0.25, -0.2) is 0 Å². The predicted octanol–water partition coefficient (Wildman–Crippen LogP) is 23.2. The van der Waals surface area contributed by atoms with E-state index < -0.39 is 6.10 Å². The van der Waals surface area contributed by atoms with Crippen molar-refractivity contribution < 1.29 is 28.6 Å². The Bertz CT molecular complexity index is 1540. The van der Waals surface area contributed by atoms with Crippen molar-refractivity contribution in [3.63, 3.8) is 0 Å². The Labute approximate surface area is 489 Å². The molecular weight excluding hydrogens is 973 g/mol. The number of hydrogen-bond donors (Lipinski definition) is 0. The molecule has 0 saturated heterocycles. The van der Waals surface area contributed by atoms with Gasteiger partial charge in [-0.1, -0.05) is 298 Å². The van der Waals surface area contributed by atoms with Crippen molar-refractivity contribution in [2.45, 2.75) is 335 Å². The minimum absolute atomic E-state index is 0.108. The smallest absolute Gasteiger partial charge is 0.306 e. The number of unbranched alkanes of at least 4 members (excludes halogenated alkanes) is 34. The number of hydrogen-bond acceptors (Lipinski definition) is 6. The van der Waals surface area contributed by atoms with E-state index in [0.29, 0.717) is 19.3 Å². The van der Waals surface area contributed by atoms with Gasteiger partial charge in [0.2, 0.25) is 0 Å². The summed E-state index contributed by atoms with van der Waals surface area (Å²) >= 11 is 0. The van der Waals surface area contributed by atoms with E-state index in [2.05, 4.69) is 112 Å². The molecule has 79 heavy (non-hydrogen) atoms. The second-order valence-electron chi connectivity index (χ2n) is 22.3. The maximum absolute atomic E-state index is 12.9. The highest BCUT2D eigenvalue weighted by Gasteiger charge is 2.19. The average Bonchev–Trinajstić information content (AvgIpc) is 3.45. The highest BCUT2D eigenvalue weighted by molar-refractivity contribution is 5.71. The van der Waals surface area contributed by atoms with Crippen molar-refractivity contribution >= 4 is 17.9 Å². The van der Waals surface area contributed by atoms with Gasteiger partial charge in [-0.15, -0.1) is 0 Å². The lowest BCUT2D eigenvalue weighted by molar-refractivity contribution is -0.166. The number of carbonyl (C=O) groups excluding carboxylic acids is 3. The summed E-state index contributed by atoms with van der Waals surface area (Å²) < 4.78 is 16.9. The third-order valence-electron chi connectivity index (χ3n) is 14.6. The molecular formula is C73H126O6. The van der Waals surface area contributed by atoms with Crippen LogP contribution in [0.4, 0.5) is 0 Å². The van der Waals surface area contributed by atoms with Gasteiger partial charge in [0.25, 0.3) is 0 Å². The van der Waals surface area contributed by atoms with Crippen LogP contribution in [-0.4, -0.2) is 37.2 Å². The molecule has 0 spiro atoms. The summed E-state index contributed by atoms with van der Waals surface area (Å²) in [6.45, 7) is 6.49. The van der Waals surface area contributed by atoms with Crippen molar-refractivity contribution in [2.24, 2.45) is 0 Å². The molecule has 0 aliphatic heterocycles. The Kier molecular flexibility index (Phi) is 63.7. The summed E-state index contributed by atoms with van der Waals surface area (Å²) in [5.41, 5.74) is 0. The van der Waals surface area contributed by atoms with Crippen molar-refractivity contribution in [2.75, 3.05) is 13.2 Å². The average molecular weight is 1100 g/mol. The van der Waals surface area contributed by atoms with Crippen molar-refractivity contribution in [1.29, 1.82) is 0 Å². The maximum atomic E-state index is 12.9. The lowest BCUT2D eigenvalue weighted by Gasteiger charge is -2.18. The van der Waals surface area contributed by atoms with Crippen LogP contribution in [0.2, 0.25) is 0 Å². The van der Waals surface area contributed by atoms with E-state index in [-0.39, 0.29) is 37.5 Å². The molecule has 0 saturated carbocycles. The topological polar surface area (TPSA) is 78.9 Å². The van der Waals surface area contributed by atoms with Gasteiger partial charge in [0.15, 0.2) is 6.10 Å². The van der Waals surface area contributed by atoms with Crippen LogP contribution >= 0.6 is 0 Å². The minimum Gasteiger partial charge on any atom is -0.462 e. The molecule has 0 aromatic heterocycles. The van der Waals surface area contributed by atoms with E-state index in [1.54, 1.807) is 0 Å². The SMILES string of the molecule is CC/C=C\C/C=C\C/C=C\C/C=C\C/C=C\C/C=C\CCC(=O)OC(COC(=O)CCCCCCCCC/C=C\CCCCCCCC)COC(=O)CCCCCCCCCCCCCCC/C=C\CCCCCCCCCC. The van der Waals surface area contributed by atoms with Crippen LogP contribution < -0.4 is 0 Å². The summed E-state index contributed by atoms with van der Waals surface area (Å²) in [4.78, 5) is 38.4. The molecule has 6 nitrogen and oxygen atoms in total. The number of ether oxygens (including phenoxy) is 3. The first-order valence-corrected chi connectivity index (χ1v) is 33.7. The third kappa shape index (κ3) is 65.0. The Balaban J connectivity index is 4.41. The monoisotopic (exact) mass is 1100 g/mol. The quantitative estimate of drug-likeness (QED) is 0.0261. The fourth-order valence-electron chi connectivity index (χ4n) is 9.52. The van der Waals surface area contributed by atoms with Crippen LogP contribution in [0.3, 0.4) is 0 Å². The second-order valence-corrected chi connectivity index (χ2v) is 22.3. The molecule has 0 amide bonds. The highest BCUT2D eigenvalue weighted by atomic mass is 16.6. The Morgan fingerprint density at radius 3 is 0.823 bits per heavy atom. The van der Waals surface area contributed by atoms with E-state index >= 15 is 0 Å². The van der Waals surface area contributed by atoms with Gasteiger partial charge in [-0.3, -0.25) is 14.4 Å². The largest absolute Gasteiger partial charge is 0.462 e. The fraction of sp³-hybridized carbons (Fsp3) is 0.740. The standard InChI is InChI=1S/C73H126O6/c1-4-7-10-13-16-19-22-25-28-31-33-34-35-36-37-38-40-42-45-48-51-54-57-60-63-66-72(75)78-69-70(68-77-71(74)65-62-59-56-53-50-47-44-41-30-27-24-21-18-15-12-9-6-3)79-73(76)67-64-61-58-55-52-49-46-43-39-32-29-26-23-20-17-14-11-8-5-2/h8,11,17,20,26-27,29-31,33,39,43,49,52,58,61,70H,4-7,9-10,12-16,18-19,21-25,28,32,34-38,40-42,44-48,50-51,53-57,59-60,62-69H2,1-3H3/b11-8-,20-17-,29-26-,30-27-,33-31-,43-39-,52-49-,61-58-. The summed E-state index contributed by atoms with van der Waals surface area (Å²) in [5.74, 6) is -0.985. The molecule has 0 rings (SSSR count). The summed E-state index contributed by atoms with van der Waals surface area (Å²) in [6.07, 6.45) is 90.1. The van der Waals surface area contributed by atoms with Crippen molar-refractivity contribution in [3.8, 4) is 0 Å². The van der Waals surface area contributed by atoms with Gasteiger partial charge < -0.3 is 14.2 Å². The first-order chi connectivity index (χ1) is 39.0. The first-order valence-electron chi connectivity index (χ1n) is 33.7. The number of esters is 3. The van der Waals surface area contributed by atoms with Gasteiger partial charge in [0.05, 0.1) is 0 Å². The lowest BCUT2D eigenvalue weighted by Crippen LogP contribution is -2.30. The van der Waals surface area contributed by atoms with Crippen LogP contribution in [0.5, 0.6) is 0 Å². The molecule has 0 aliphatic carbocycles. The summed E-state index contributed by atoms with van der Waals surface area (Å²) in [5, 5.41) is 0. The van der Waals surface area contributed by atoms with E-state index in [1.165, 1.54) is 205 Å². The van der Waals surface area contributed by atoms with Crippen molar-refractivity contribution in [1.82, 2.24) is 0 Å². The van der Waals surface area contributed by atoms with E-state index in [1.807, 2.05) is 6.08 Å². The van der Waals surface area contributed by atoms with E-state index in [4.69, 9.17) is 14.2 Å². The zero-order chi connectivity index (χ0) is 57.1. The molecule has 0 fully saturated rings. The summed E-state index contributed by atoms with van der Waals surface area (Å²) in [7, 11) is 0. The molecule has 0 aromatic rings. The van der Waals surface area contributed by atoms with Gasteiger partial charge >= 0.3 is 17.9 Å². The normalized spacial score (nSPS) is 12.7. The molecule has 0 radical (unpaired) electrons. The van der Waals surface area contributed by atoms with Crippen LogP contribution in [0.15, 0.2) is 97.2 Å². The van der Waals surface area contributed by atoms with E-state index in [0.717, 1.165) is 77.0 Å². The number of rotatable bonds is 61. The van der Waals surface area contributed by atoms with E-state index in [9.17, 15) is 14.4 Å². The fourth-order valence-corrected chi connectivity index (χ4v) is 9.52. The van der Waals surface area contributed by atoms with Gasteiger partial charge in [-0.2, -0.15) is 0 Å². The summed E-state index contributed by atoms with van der Waals surface area (Å²) in [6, 6.07) is 0. The Morgan fingerprint density at radius 2 is 0.519 bits per heavy atom. The van der Waals surface area contributed by atoms with Gasteiger partial charge in [-0.05, 0) is 109 Å². The Morgan fingerprint density at radius 1 is 0.266 bits per heavy atom. The third-order valence-corrected chi connectivity index (χ3v) is 14.6. The van der Waals surface area contributed by atoms with Crippen LogP contribution in [-0.2, 0) is 28.6 Å². The predicted molar refractivity (Wildman–Crippen MR) is 344 cm³/mol. The highest BCUT2D eigenvalue weighted by Crippen LogP contribution is 2.16. The first kappa shape index (κ1) is 75.3. The van der Waals surface area contributed by atoms with Gasteiger partial charge in [0, 0.05) is 19.3 Å². The molecule has 1 atom stereocenters. The minimum atomic E-state index is -0.822. The molecule has 1 unspecified atom stereocenters. The molecule has 6 heteroatoms. The molecule has 0 N–H and O–H groups in total.